The Kier molecular flexibility index (Phi) is 19.5. The van der Waals surface area contributed by atoms with Crippen molar-refractivity contribution in [3.8, 4) is 0 Å². The van der Waals surface area contributed by atoms with Gasteiger partial charge in [-0.25, -0.2) is 0 Å². The molecule has 2 rings (SSSR count). The number of hydrogen-bond donors (Lipinski definition) is 0. The van der Waals surface area contributed by atoms with Gasteiger partial charge in [-0.2, -0.15) is 0 Å². The van der Waals surface area contributed by atoms with E-state index < -0.39 is 7.82 Å². The van der Waals surface area contributed by atoms with Crippen LogP contribution in [0.15, 0.2) is 30.3 Å². The van der Waals surface area contributed by atoms with Gasteiger partial charge in [-0.3, -0.25) is 4.57 Å². The average Bonchev–Trinajstić information content (AvgIpc) is 2.88. The monoisotopic (exact) mass is 555 g/mol. The van der Waals surface area contributed by atoms with E-state index in [4.69, 9.17) is 9.05 Å². The Balaban J connectivity index is 0.00000722. The minimum absolute atomic E-state index is 0. The van der Waals surface area contributed by atoms with Crippen molar-refractivity contribution >= 4 is 7.82 Å². The summed E-state index contributed by atoms with van der Waals surface area (Å²) < 4.78 is 23.8. The van der Waals surface area contributed by atoms with Crippen molar-refractivity contribution in [1.82, 2.24) is 0 Å². The highest BCUT2D eigenvalue weighted by molar-refractivity contribution is 7.45. The summed E-state index contributed by atoms with van der Waals surface area (Å²) in [6.45, 7) is 5.32. The van der Waals surface area contributed by atoms with Gasteiger partial charge in [-0.1, -0.05) is 134 Å². The molecule has 6 nitrogen and oxygen atoms in total. The summed E-state index contributed by atoms with van der Waals surface area (Å²) >= 11 is 0. The van der Waals surface area contributed by atoms with Crippen LogP contribution < -0.4 is 4.89 Å². The smallest absolute Gasteiger partial charge is 0.268 e. The molecule has 1 unspecified atom stereocenters. The number of likely N-dealkylation sites (tertiary alicyclic amines) is 1. The van der Waals surface area contributed by atoms with Crippen molar-refractivity contribution in [2.75, 3.05) is 26.7 Å². The van der Waals surface area contributed by atoms with Gasteiger partial charge in [0.15, 0.2) is 0 Å². The maximum Gasteiger partial charge on any atom is 0.268 e. The summed E-state index contributed by atoms with van der Waals surface area (Å²) in [4.78, 5) is 12.3. The first-order chi connectivity index (χ1) is 17.9. The topological polar surface area (TPSA) is 90.1 Å². The van der Waals surface area contributed by atoms with Gasteiger partial charge in [0.1, 0.15) is 6.54 Å². The number of piperidine rings is 1. The standard InChI is InChI=1S/C31H56NO4P.H2O/c1-3-4-5-6-7-8-9-10-11-12-13-14-15-16-17-21-28-35-37(33,34)36-31-24-26-32(2,27-25-31)29-30-22-19-18-20-23-30;/h18-20,22-23,31H,3-17,21,24-29H2,1-2H3;1H2. The van der Waals surface area contributed by atoms with E-state index in [1.54, 1.807) is 0 Å². The second-order valence-electron chi connectivity index (χ2n) is 11.6. The molecule has 0 bridgehead atoms. The number of phosphoric acid groups is 1. The van der Waals surface area contributed by atoms with Crippen molar-refractivity contribution in [2.45, 2.75) is 135 Å². The number of rotatable bonds is 22. The number of unbranched alkanes of at least 4 members (excludes halogenated alkanes) is 15. The van der Waals surface area contributed by atoms with Gasteiger partial charge in [-0.05, 0) is 6.42 Å². The molecule has 0 amide bonds. The van der Waals surface area contributed by atoms with E-state index in [0.717, 1.165) is 56.2 Å². The highest BCUT2D eigenvalue weighted by Gasteiger charge is 2.32. The summed E-state index contributed by atoms with van der Waals surface area (Å²) in [7, 11) is -1.97. The summed E-state index contributed by atoms with van der Waals surface area (Å²) in [5.41, 5.74) is 1.32. The van der Waals surface area contributed by atoms with Crippen molar-refractivity contribution in [3.05, 3.63) is 35.9 Å². The van der Waals surface area contributed by atoms with E-state index >= 15 is 0 Å². The molecule has 1 atom stereocenters. The predicted molar refractivity (Wildman–Crippen MR) is 157 cm³/mol. The lowest BCUT2D eigenvalue weighted by molar-refractivity contribution is -0.927. The zero-order chi connectivity index (χ0) is 26.7. The van der Waals surface area contributed by atoms with Gasteiger partial charge in [0.05, 0.1) is 32.8 Å². The lowest BCUT2D eigenvalue weighted by atomic mass is 10.0. The minimum atomic E-state index is -4.22. The molecule has 1 heterocycles. The largest absolute Gasteiger partial charge is 0.756 e. The van der Waals surface area contributed by atoms with Gasteiger partial charge in [0.2, 0.25) is 0 Å². The second-order valence-corrected chi connectivity index (χ2v) is 13.0. The van der Waals surface area contributed by atoms with E-state index in [-0.39, 0.29) is 18.2 Å². The summed E-state index contributed by atoms with van der Waals surface area (Å²) in [5, 5.41) is 0. The van der Waals surface area contributed by atoms with E-state index in [9.17, 15) is 9.46 Å². The SMILES string of the molecule is CCCCCCCCCCCCCCCCCCOP(=O)([O-])OC1CC[N+](C)(Cc2ccccc2)CC1.O. The molecule has 1 aromatic rings. The Morgan fingerprint density at radius 3 is 1.71 bits per heavy atom. The fourth-order valence-corrected chi connectivity index (χ4v) is 6.48. The van der Waals surface area contributed by atoms with Crippen LogP contribution in [0.1, 0.15) is 128 Å². The summed E-state index contributed by atoms with van der Waals surface area (Å²) in [5.74, 6) is 0. The maximum atomic E-state index is 12.3. The van der Waals surface area contributed by atoms with Crippen LogP contribution in [0, 0.1) is 0 Å². The quantitative estimate of drug-likeness (QED) is 0.0831. The Hall–Kier alpha value is -0.750. The fraction of sp³-hybridized carbons (Fsp3) is 0.806. The average molecular weight is 556 g/mol. The van der Waals surface area contributed by atoms with Crippen molar-refractivity contribution < 1.29 is 28.5 Å². The van der Waals surface area contributed by atoms with E-state index in [2.05, 4.69) is 38.2 Å². The normalized spacial score (nSPS) is 21.1. The molecule has 1 fully saturated rings. The molecule has 0 saturated carbocycles. The van der Waals surface area contributed by atoms with Crippen molar-refractivity contribution in [2.24, 2.45) is 0 Å². The highest BCUT2D eigenvalue weighted by Crippen LogP contribution is 2.42. The molecule has 0 radical (unpaired) electrons. The van der Waals surface area contributed by atoms with Crippen LogP contribution in [0.4, 0.5) is 0 Å². The van der Waals surface area contributed by atoms with Crippen LogP contribution in [0.5, 0.6) is 0 Å². The van der Waals surface area contributed by atoms with E-state index in [0.29, 0.717) is 0 Å². The number of nitrogens with zero attached hydrogens (tertiary/aromatic N) is 1. The molecular weight excluding hydrogens is 497 g/mol. The zero-order valence-electron chi connectivity index (χ0n) is 24.5. The molecule has 7 heteroatoms. The lowest BCUT2D eigenvalue weighted by Gasteiger charge is -2.41. The first-order valence-corrected chi connectivity index (χ1v) is 16.9. The van der Waals surface area contributed by atoms with E-state index in [1.807, 2.05) is 6.07 Å². The molecule has 222 valence electrons. The first kappa shape index (κ1) is 35.3. The maximum absolute atomic E-state index is 12.3. The zero-order valence-corrected chi connectivity index (χ0v) is 25.4. The highest BCUT2D eigenvalue weighted by atomic mass is 31.2. The van der Waals surface area contributed by atoms with Gasteiger partial charge < -0.3 is 23.9 Å². The Morgan fingerprint density at radius 2 is 1.24 bits per heavy atom. The fourth-order valence-electron chi connectivity index (χ4n) is 5.49. The lowest BCUT2D eigenvalue weighted by Crippen LogP contribution is -2.50. The summed E-state index contributed by atoms with van der Waals surface area (Å²) in [6, 6.07) is 10.5. The third-order valence-corrected chi connectivity index (χ3v) is 8.97. The van der Waals surface area contributed by atoms with Crippen LogP contribution in [0.25, 0.3) is 0 Å². The number of benzene rings is 1. The molecule has 1 aliphatic rings. The number of phosphoric ester groups is 1. The molecule has 38 heavy (non-hydrogen) atoms. The van der Waals surface area contributed by atoms with Crippen LogP contribution >= 0.6 is 7.82 Å². The molecule has 1 saturated heterocycles. The Labute approximate surface area is 234 Å². The van der Waals surface area contributed by atoms with Gasteiger partial charge >= 0.3 is 0 Å². The second kappa shape index (κ2) is 21.1. The third kappa shape index (κ3) is 17.0. The molecular formula is C31H58NO5P. The number of hydrogen-bond acceptors (Lipinski definition) is 4. The molecule has 1 aromatic carbocycles. The summed E-state index contributed by atoms with van der Waals surface area (Å²) in [6.07, 6.45) is 22.0. The third-order valence-electron chi connectivity index (χ3n) is 7.91. The van der Waals surface area contributed by atoms with Crippen LogP contribution in [0.2, 0.25) is 0 Å². The molecule has 0 aromatic heterocycles. The first-order valence-electron chi connectivity index (χ1n) is 15.4. The van der Waals surface area contributed by atoms with Crippen molar-refractivity contribution in [1.29, 1.82) is 0 Å². The molecule has 0 aliphatic carbocycles. The van der Waals surface area contributed by atoms with E-state index in [1.165, 1.54) is 89.0 Å². The van der Waals surface area contributed by atoms with Gasteiger partial charge in [0.25, 0.3) is 7.82 Å². The Morgan fingerprint density at radius 1 is 0.789 bits per heavy atom. The van der Waals surface area contributed by atoms with Crippen LogP contribution in [-0.2, 0) is 20.2 Å². The molecule has 2 N–H and O–H groups in total. The molecule has 0 spiro atoms. The predicted octanol–water partition coefficient (Wildman–Crippen LogP) is 7.73. The van der Waals surface area contributed by atoms with Crippen LogP contribution in [-0.4, -0.2) is 42.8 Å². The minimum Gasteiger partial charge on any atom is -0.756 e. The number of quaternary nitrogens is 1. The van der Waals surface area contributed by atoms with Gasteiger partial charge in [0, 0.05) is 18.4 Å². The van der Waals surface area contributed by atoms with Crippen LogP contribution in [0.3, 0.4) is 0 Å². The molecule has 1 aliphatic heterocycles. The van der Waals surface area contributed by atoms with Gasteiger partial charge in [-0.15, -0.1) is 0 Å². The Bertz CT molecular complexity index is 724. The van der Waals surface area contributed by atoms with Crippen molar-refractivity contribution in [3.63, 3.8) is 0 Å².